The van der Waals surface area contributed by atoms with Crippen molar-refractivity contribution >= 4 is 5.78 Å². The van der Waals surface area contributed by atoms with Crippen molar-refractivity contribution in [3.05, 3.63) is 35.2 Å². The fraction of sp³-hybridized carbons (Fsp3) is 0.250. The number of hydrogen-bond donors (Lipinski definition) is 0. The SMILES string of the molecule is Cc1nonc1COc1ccc2c(c1)OCC2=O. The van der Waals surface area contributed by atoms with Gasteiger partial charge >= 0.3 is 0 Å². The molecule has 2 aromatic rings. The highest BCUT2D eigenvalue weighted by atomic mass is 16.6. The van der Waals surface area contributed by atoms with E-state index in [9.17, 15) is 4.79 Å². The van der Waals surface area contributed by atoms with Crippen molar-refractivity contribution in [1.82, 2.24) is 10.3 Å². The molecule has 0 bridgehead atoms. The fourth-order valence-electron chi connectivity index (χ4n) is 1.70. The van der Waals surface area contributed by atoms with Crippen LogP contribution in [0.4, 0.5) is 0 Å². The number of carbonyl (C=O) groups excluding carboxylic acids is 1. The quantitative estimate of drug-likeness (QED) is 0.817. The van der Waals surface area contributed by atoms with Gasteiger partial charge in [-0.2, -0.15) is 0 Å². The molecule has 0 saturated carbocycles. The van der Waals surface area contributed by atoms with Crippen molar-refractivity contribution < 1.29 is 18.9 Å². The van der Waals surface area contributed by atoms with E-state index in [2.05, 4.69) is 14.9 Å². The maximum Gasteiger partial charge on any atom is 0.203 e. The second-order valence-electron chi connectivity index (χ2n) is 3.95. The summed E-state index contributed by atoms with van der Waals surface area (Å²) in [6.45, 7) is 2.16. The van der Waals surface area contributed by atoms with Crippen LogP contribution < -0.4 is 9.47 Å². The molecule has 0 saturated heterocycles. The minimum absolute atomic E-state index is 0.00639. The maximum absolute atomic E-state index is 11.4. The Morgan fingerprint density at radius 2 is 2.28 bits per heavy atom. The zero-order valence-electron chi connectivity index (χ0n) is 9.67. The first-order chi connectivity index (χ1) is 8.74. The van der Waals surface area contributed by atoms with Gasteiger partial charge in [-0.05, 0) is 19.1 Å². The van der Waals surface area contributed by atoms with Gasteiger partial charge in [0.25, 0.3) is 0 Å². The molecule has 0 unspecified atom stereocenters. The molecular formula is C12H10N2O4. The highest BCUT2D eigenvalue weighted by molar-refractivity contribution is 6.02. The van der Waals surface area contributed by atoms with E-state index in [1.54, 1.807) is 25.1 Å². The molecular weight excluding hydrogens is 236 g/mol. The van der Waals surface area contributed by atoms with Crippen molar-refractivity contribution in [1.29, 1.82) is 0 Å². The van der Waals surface area contributed by atoms with Crippen molar-refractivity contribution in [2.75, 3.05) is 6.61 Å². The van der Waals surface area contributed by atoms with Gasteiger partial charge in [-0.3, -0.25) is 4.79 Å². The summed E-state index contributed by atoms with van der Waals surface area (Å²) in [6, 6.07) is 5.13. The molecule has 1 aromatic carbocycles. The molecule has 0 spiro atoms. The molecule has 0 N–H and O–H groups in total. The largest absolute Gasteiger partial charge is 0.487 e. The van der Waals surface area contributed by atoms with Crippen LogP contribution in [-0.2, 0) is 6.61 Å². The Bertz CT molecular complexity index is 606. The second-order valence-corrected chi connectivity index (χ2v) is 3.95. The predicted molar refractivity (Wildman–Crippen MR) is 59.6 cm³/mol. The van der Waals surface area contributed by atoms with Gasteiger partial charge in [-0.1, -0.05) is 10.3 Å². The lowest BCUT2D eigenvalue weighted by atomic mass is 10.1. The van der Waals surface area contributed by atoms with Crippen LogP contribution in [0, 0.1) is 6.92 Å². The molecule has 0 fully saturated rings. The summed E-state index contributed by atoms with van der Waals surface area (Å²) in [6.07, 6.45) is 0. The summed E-state index contributed by atoms with van der Waals surface area (Å²) in [5, 5.41) is 7.38. The standard InChI is InChI=1S/C12H10N2O4/c1-7-10(14-18-13-7)5-16-8-2-3-9-11(15)6-17-12(9)4-8/h2-4H,5-6H2,1H3. The van der Waals surface area contributed by atoms with Gasteiger partial charge in [0.2, 0.25) is 5.78 Å². The first-order valence-electron chi connectivity index (χ1n) is 5.45. The third kappa shape index (κ3) is 1.81. The highest BCUT2D eigenvalue weighted by Gasteiger charge is 2.21. The minimum Gasteiger partial charge on any atom is -0.487 e. The third-order valence-corrected chi connectivity index (χ3v) is 2.73. The number of fused-ring (bicyclic) bond motifs is 1. The van der Waals surface area contributed by atoms with E-state index in [0.717, 1.165) is 0 Å². The second kappa shape index (κ2) is 4.14. The van der Waals surface area contributed by atoms with Gasteiger partial charge in [0.1, 0.15) is 29.5 Å². The number of Topliss-reactive ketones (excluding diaryl/α,β-unsaturated/α-hetero) is 1. The monoisotopic (exact) mass is 246 g/mol. The van der Waals surface area contributed by atoms with Crippen LogP contribution in [-0.4, -0.2) is 22.7 Å². The topological polar surface area (TPSA) is 74.5 Å². The number of nitrogens with zero attached hydrogens (tertiary/aromatic N) is 2. The lowest BCUT2D eigenvalue weighted by Gasteiger charge is -2.05. The van der Waals surface area contributed by atoms with E-state index in [4.69, 9.17) is 9.47 Å². The molecule has 0 aliphatic carbocycles. The zero-order valence-corrected chi connectivity index (χ0v) is 9.67. The van der Waals surface area contributed by atoms with Gasteiger partial charge in [-0.25, -0.2) is 4.63 Å². The van der Waals surface area contributed by atoms with Crippen LogP contribution in [0.15, 0.2) is 22.8 Å². The number of aromatic nitrogens is 2. The summed E-state index contributed by atoms with van der Waals surface area (Å²) < 4.78 is 15.3. The van der Waals surface area contributed by atoms with E-state index in [1.165, 1.54) is 0 Å². The van der Waals surface area contributed by atoms with Crippen LogP contribution in [0.1, 0.15) is 21.7 Å². The van der Waals surface area contributed by atoms with E-state index in [0.29, 0.717) is 28.5 Å². The summed E-state index contributed by atoms with van der Waals surface area (Å²) in [4.78, 5) is 11.4. The van der Waals surface area contributed by atoms with Gasteiger partial charge in [-0.15, -0.1) is 0 Å². The summed E-state index contributed by atoms with van der Waals surface area (Å²) in [5.74, 6) is 1.17. The Balaban J connectivity index is 1.75. The zero-order chi connectivity index (χ0) is 12.5. The highest BCUT2D eigenvalue weighted by Crippen LogP contribution is 2.29. The Kier molecular flexibility index (Phi) is 2.47. The smallest absolute Gasteiger partial charge is 0.203 e. The van der Waals surface area contributed by atoms with E-state index in [-0.39, 0.29) is 19.0 Å². The van der Waals surface area contributed by atoms with Crippen LogP contribution in [0.5, 0.6) is 11.5 Å². The molecule has 18 heavy (non-hydrogen) atoms. The van der Waals surface area contributed by atoms with Gasteiger partial charge in [0, 0.05) is 6.07 Å². The van der Waals surface area contributed by atoms with Gasteiger partial charge in [0.15, 0.2) is 6.61 Å². The molecule has 1 aliphatic heterocycles. The molecule has 6 heteroatoms. The molecule has 0 atom stereocenters. The maximum atomic E-state index is 11.4. The normalized spacial score (nSPS) is 13.3. The Morgan fingerprint density at radius 1 is 1.39 bits per heavy atom. The molecule has 1 aromatic heterocycles. The summed E-state index contributed by atoms with van der Waals surface area (Å²) in [5.41, 5.74) is 1.94. The van der Waals surface area contributed by atoms with Crippen LogP contribution >= 0.6 is 0 Å². The number of rotatable bonds is 3. The molecule has 3 rings (SSSR count). The summed E-state index contributed by atoms with van der Waals surface area (Å²) >= 11 is 0. The van der Waals surface area contributed by atoms with Crippen molar-refractivity contribution in [2.24, 2.45) is 0 Å². The predicted octanol–water partition coefficient (Wildman–Crippen LogP) is 1.53. The number of ether oxygens (including phenoxy) is 2. The first kappa shape index (κ1) is 10.8. The number of aryl methyl sites for hydroxylation is 1. The van der Waals surface area contributed by atoms with E-state index < -0.39 is 0 Å². The van der Waals surface area contributed by atoms with Gasteiger partial charge < -0.3 is 9.47 Å². The van der Waals surface area contributed by atoms with Crippen LogP contribution in [0.25, 0.3) is 0 Å². The first-order valence-corrected chi connectivity index (χ1v) is 5.45. The average Bonchev–Trinajstić information content (AvgIpc) is 2.94. The number of benzene rings is 1. The van der Waals surface area contributed by atoms with E-state index in [1.807, 2.05) is 0 Å². The van der Waals surface area contributed by atoms with Crippen LogP contribution in [0.3, 0.4) is 0 Å². The van der Waals surface area contributed by atoms with Crippen molar-refractivity contribution in [3.8, 4) is 11.5 Å². The Hall–Kier alpha value is -2.37. The number of ketones is 1. The van der Waals surface area contributed by atoms with Crippen LogP contribution in [0.2, 0.25) is 0 Å². The van der Waals surface area contributed by atoms with Crippen molar-refractivity contribution in [2.45, 2.75) is 13.5 Å². The molecule has 6 nitrogen and oxygen atoms in total. The summed E-state index contributed by atoms with van der Waals surface area (Å²) in [7, 11) is 0. The number of carbonyl (C=O) groups is 1. The Labute approximate surface area is 102 Å². The molecule has 92 valence electrons. The molecule has 1 aliphatic rings. The fourth-order valence-corrected chi connectivity index (χ4v) is 1.70. The molecule has 0 amide bonds. The van der Waals surface area contributed by atoms with E-state index >= 15 is 0 Å². The Morgan fingerprint density at radius 3 is 3.06 bits per heavy atom. The lowest BCUT2D eigenvalue weighted by molar-refractivity contribution is 0.0961. The third-order valence-electron chi connectivity index (χ3n) is 2.73. The average molecular weight is 246 g/mol. The molecule has 2 heterocycles. The van der Waals surface area contributed by atoms with Gasteiger partial charge in [0.05, 0.1) is 5.56 Å². The lowest BCUT2D eigenvalue weighted by Crippen LogP contribution is -1.98. The van der Waals surface area contributed by atoms with Crippen molar-refractivity contribution in [3.63, 3.8) is 0 Å². The minimum atomic E-state index is -0.00639. The number of hydrogen-bond acceptors (Lipinski definition) is 6. The molecule has 0 radical (unpaired) electrons.